The number of aromatic nitrogens is 5. The zero-order valence-corrected chi connectivity index (χ0v) is 21.0. The lowest BCUT2D eigenvalue weighted by Crippen LogP contribution is -3.12. The molecule has 6 rings (SSSR count). The van der Waals surface area contributed by atoms with E-state index in [1.165, 1.54) is 4.90 Å². The Morgan fingerprint density at radius 1 is 1.08 bits per heavy atom. The molecule has 36 heavy (non-hydrogen) atoms. The Balaban J connectivity index is 1.35. The van der Waals surface area contributed by atoms with Crippen molar-refractivity contribution in [1.82, 2.24) is 25.1 Å². The summed E-state index contributed by atoms with van der Waals surface area (Å²) in [5.41, 5.74) is 4.08. The second kappa shape index (κ2) is 9.38. The Bertz CT molecular complexity index is 1370. The predicted octanol–water partition coefficient (Wildman–Crippen LogP) is 1.97. The van der Waals surface area contributed by atoms with Crippen LogP contribution in [0.15, 0.2) is 36.5 Å². The molecule has 0 saturated carbocycles. The SMILES string of the molecule is CC(C)(O)C1CC[NH+](Cc2ccc3nc(-c4cccc5[nH]ncc45)nc(N4CCOCC4)c3n2)CC1. The maximum Gasteiger partial charge on any atom is 0.163 e. The van der Waals surface area contributed by atoms with E-state index >= 15 is 0 Å². The van der Waals surface area contributed by atoms with Gasteiger partial charge in [0.2, 0.25) is 0 Å². The first-order chi connectivity index (χ1) is 17.5. The zero-order valence-electron chi connectivity index (χ0n) is 21.0. The molecular weight excluding hydrogens is 454 g/mol. The van der Waals surface area contributed by atoms with Crippen LogP contribution in [0.4, 0.5) is 5.82 Å². The Kier molecular flexibility index (Phi) is 6.07. The van der Waals surface area contributed by atoms with Gasteiger partial charge in [-0.05, 0) is 38.0 Å². The first kappa shape index (κ1) is 23.3. The third kappa shape index (κ3) is 4.54. The van der Waals surface area contributed by atoms with E-state index in [0.717, 1.165) is 84.6 Å². The van der Waals surface area contributed by atoms with Crippen molar-refractivity contribution in [3.63, 3.8) is 0 Å². The minimum Gasteiger partial charge on any atom is -0.390 e. The van der Waals surface area contributed by atoms with Gasteiger partial charge in [0.25, 0.3) is 0 Å². The number of hydrogen-bond acceptors (Lipinski definition) is 7. The number of H-pyrrole nitrogens is 1. The number of rotatable bonds is 5. The highest BCUT2D eigenvalue weighted by molar-refractivity contribution is 5.95. The second-order valence-corrected chi connectivity index (χ2v) is 10.6. The molecule has 2 fully saturated rings. The fourth-order valence-electron chi connectivity index (χ4n) is 5.58. The molecule has 0 radical (unpaired) electrons. The maximum absolute atomic E-state index is 10.4. The van der Waals surface area contributed by atoms with E-state index in [2.05, 4.69) is 27.2 Å². The second-order valence-electron chi connectivity index (χ2n) is 10.6. The van der Waals surface area contributed by atoms with Crippen LogP contribution in [-0.2, 0) is 11.3 Å². The minimum absolute atomic E-state index is 0.366. The Morgan fingerprint density at radius 2 is 1.89 bits per heavy atom. The van der Waals surface area contributed by atoms with Gasteiger partial charge in [-0.1, -0.05) is 12.1 Å². The quantitative estimate of drug-likeness (QED) is 0.395. The number of likely N-dealkylation sites (tertiary alicyclic amines) is 1. The van der Waals surface area contributed by atoms with E-state index < -0.39 is 5.60 Å². The summed E-state index contributed by atoms with van der Waals surface area (Å²) < 4.78 is 5.61. The fraction of sp³-hybridized carbons (Fsp3) is 0.481. The number of quaternary nitrogens is 1. The Hall–Kier alpha value is -3.14. The third-order valence-electron chi connectivity index (χ3n) is 7.74. The van der Waals surface area contributed by atoms with Gasteiger partial charge in [0.05, 0.1) is 54.8 Å². The van der Waals surface area contributed by atoms with Crippen molar-refractivity contribution in [3.05, 3.63) is 42.2 Å². The molecular formula is C27H34N7O2+. The summed E-state index contributed by atoms with van der Waals surface area (Å²) in [4.78, 5) is 18.9. The maximum atomic E-state index is 10.4. The van der Waals surface area contributed by atoms with Gasteiger partial charge in [-0.3, -0.25) is 5.10 Å². The van der Waals surface area contributed by atoms with Crippen molar-refractivity contribution in [1.29, 1.82) is 0 Å². The summed E-state index contributed by atoms with van der Waals surface area (Å²) in [6.07, 6.45) is 3.91. The van der Waals surface area contributed by atoms with Gasteiger partial charge >= 0.3 is 0 Å². The van der Waals surface area contributed by atoms with Crippen LogP contribution in [0.25, 0.3) is 33.3 Å². The third-order valence-corrected chi connectivity index (χ3v) is 7.74. The standard InChI is InChI=1S/C27H33N7O2/c1-27(2,35)18-8-10-33(11-9-18)17-19-6-7-23-24(29-19)26(34-12-14-36-15-13-34)31-25(30-23)20-4-3-5-22-21(20)16-28-32-22/h3-7,16,18,35H,8-15,17H2,1-2H3,(H,28,32)/p+1. The van der Waals surface area contributed by atoms with Crippen molar-refractivity contribution < 1.29 is 14.7 Å². The van der Waals surface area contributed by atoms with Gasteiger partial charge < -0.3 is 19.6 Å². The first-order valence-corrected chi connectivity index (χ1v) is 12.9. The number of benzene rings is 1. The molecule has 0 aliphatic carbocycles. The van der Waals surface area contributed by atoms with Crippen LogP contribution in [0.1, 0.15) is 32.4 Å². The van der Waals surface area contributed by atoms with Crippen molar-refractivity contribution in [3.8, 4) is 11.4 Å². The molecule has 9 nitrogen and oxygen atoms in total. The largest absolute Gasteiger partial charge is 0.390 e. The molecule has 0 amide bonds. The van der Waals surface area contributed by atoms with Crippen LogP contribution >= 0.6 is 0 Å². The van der Waals surface area contributed by atoms with E-state index in [9.17, 15) is 5.11 Å². The Labute approximate surface area is 210 Å². The number of aromatic amines is 1. The number of aliphatic hydroxyl groups is 1. The van der Waals surface area contributed by atoms with Crippen LogP contribution in [0.3, 0.4) is 0 Å². The molecule has 188 valence electrons. The molecule has 0 unspecified atom stereocenters. The van der Waals surface area contributed by atoms with Gasteiger partial charge in [-0.25, -0.2) is 15.0 Å². The topological polar surface area (TPSA) is 104 Å². The summed E-state index contributed by atoms with van der Waals surface area (Å²) >= 11 is 0. The molecule has 1 aromatic carbocycles. The molecule has 0 bridgehead atoms. The van der Waals surface area contributed by atoms with Crippen molar-refractivity contribution >= 4 is 27.8 Å². The lowest BCUT2D eigenvalue weighted by molar-refractivity contribution is -0.920. The molecule has 5 heterocycles. The average molecular weight is 489 g/mol. The number of pyridine rings is 1. The number of piperidine rings is 1. The summed E-state index contributed by atoms with van der Waals surface area (Å²) in [6, 6.07) is 10.3. The first-order valence-electron chi connectivity index (χ1n) is 12.9. The lowest BCUT2D eigenvalue weighted by Gasteiger charge is -2.35. The normalized spacial score (nSPS) is 21.4. The van der Waals surface area contributed by atoms with Crippen molar-refractivity contribution in [2.75, 3.05) is 44.3 Å². The number of ether oxygens (including phenoxy) is 1. The van der Waals surface area contributed by atoms with Gasteiger partial charge in [0.15, 0.2) is 11.6 Å². The number of nitrogens with one attached hydrogen (secondary N) is 2. The molecule has 2 aliphatic rings. The number of hydrogen-bond donors (Lipinski definition) is 3. The molecule has 2 saturated heterocycles. The molecule has 0 spiro atoms. The highest BCUT2D eigenvalue weighted by Crippen LogP contribution is 2.30. The van der Waals surface area contributed by atoms with E-state index in [4.69, 9.17) is 19.7 Å². The van der Waals surface area contributed by atoms with E-state index in [0.29, 0.717) is 25.0 Å². The fourth-order valence-corrected chi connectivity index (χ4v) is 5.58. The summed E-state index contributed by atoms with van der Waals surface area (Å²) in [5.74, 6) is 1.92. The molecule has 2 aliphatic heterocycles. The van der Waals surface area contributed by atoms with E-state index in [1.807, 2.05) is 38.2 Å². The zero-order chi connectivity index (χ0) is 24.7. The average Bonchev–Trinajstić information content (AvgIpc) is 3.38. The van der Waals surface area contributed by atoms with Gasteiger partial charge in [0.1, 0.15) is 12.1 Å². The highest BCUT2D eigenvalue weighted by Gasteiger charge is 2.32. The molecule has 3 aromatic heterocycles. The van der Waals surface area contributed by atoms with Gasteiger partial charge in [-0.15, -0.1) is 0 Å². The summed E-state index contributed by atoms with van der Waals surface area (Å²) in [6.45, 7) is 9.75. The highest BCUT2D eigenvalue weighted by atomic mass is 16.5. The van der Waals surface area contributed by atoms with Crippen molar-refractivity contribution in [2.45, 2.75) is 38.8 Å². The van der Waals surface area contributed by atoms with Gasteiger partial charge in [0, 0.05) is 36.9 Å². The predicted molar refractivity (Wildman–Crippen MR) is 139 cm³/mol. The van der Waals surface area contributed by atoms with Crippen LogP contribution < -0.4 is 9.80 Å². The van der Waals surface area contributed by atoms with Crippen LogP contribution in [0, 0.1) is 5.92 Å². The number of nitrogens with zero attached hydrogens (tertiary/aromatic N) is 5. The van der Waals surface area contributed by atoms with E-state index in [-0.39, 0.29) is 0 Å². The van der Waals surface area contributed by atoms with E-state index in [1.54, 1.807) is 0 Å². The summed E-state index contributed by atoms with van der Waals surface area (Å²) in [7, 11) is 0. The molecule has 9 heteroatoms. The van der Waals surface area contributed by atoms with Crippen LogP contribution in [-0.4, -0.2) is 75.2 Å². The summed E-state index contributed by atoms with van der Waals surface area (Å²) in [5, 5.41) is 18.6. The number of morpholine rings is 1. The Morgan fingerprint density at radius 3 is 2.67 bits per heavy atom. The molecule has 0 atom stereocenters. The van der Waals surface area contributed by atoms with Crippen molar-refractivity contribution in [2.24, 2.45) is 5.92 Å². The number of anilines is 1. The lowest BCUT2D eigenvalue weighted by atomic mass is 9.83. The van der Waals surface area contributed by atoms with Crippen LogP contribution in [0.2, 0.25) is 0 Å². The minimum atomic E-state index is -0.602. The monoisotopic (exact) mass is 488 g/mol. The smallest absolute Gasteiger partial charge is 0.163 e. The number of fused-ring (bicyclic) bond motifs is 2. The van der Waals surface area contributed by atoms with Gasteiger partial charge in [-0.2, -0.15) is 5.10 Å². The molecule has 3 N–H and O–H groups in total. The molecule has 4 aromatic rings. The van der Waals surface area contributed by atoms with Crippen LogP contribution in [0.5, 0.6) is 0 Å².